The number of thiophene rings is 1. The summed E-state index contributed by atoms with van der Waals surface area (Å²) in [7, 11) is 0. The van der Waals surface area contributed by atoms with Gasteiger partial charge >= 0.3 is 0 Å². The summed E-state index contributed by atoms with van der Waals surface area (Å²) >= 11 is 1.54. The van der Waals surface area contributed by atoms with Crippen LogP contribution in [0.4, 0.5) is 5.69 Å². The molecule has 0 radical (unpaired) electrons. The molecule has 31 heavy (non-hydrogen) atoms. The molecule has 4 rings (SSSR count). The summed E-state index contributed by atoms with van der Waals surface area (Å²) in [6.07, 6.45) is 4.16. The minimum Gasteiger partial charge on any atom is -0.366 e. The lowest BCUT2D eigenvalue weighted by Crippen LogP contribution is -2.28. The highest BCUT2D eigenvalue weighted by Gasteiger charge is 2.23. The molecule has 0 aliphatic heterocycles. The average molecular weight is 439 g/mol. The first kappa shape index (κ1) is 20.7. The fourth-order valence-electron chi connectivity index (χ4n) is 3.82. The molecule has 0 saturated carbocycles. The SMILES string of the molecule is CC1CCc2c(sc3ncn(CC(=O)Nc4cc(C(N)=O)cc(C(N)=O)c4)c(=O)c23)C1. The number of carbonyl (C=O) groups is 3. The van der Waals surface area contributed by atoms with Gasteiger partial charge < -0.3 is 16.8 Å². The zero-order valence-corrected chi connectivity index (χ0v) is 17.6. The molecule has 2 aromatic heterocycles. The van der Waals surface area contributed by atoms with E-state index >= 15 is 0 Å². The second kappa shape index (κ2) is 7.95. The lowest BCUT2D eigenvalue weighted by Gasteiger charge is -2.17. The van der Waals surface area contributed by atoms with Crippen LogP contribution >= 0.6 is 11.3 Å². The average Bonchev–Trinajstić information content (AvgIpc) is 3.07. The molecule has 1 aliphatic carbocycles. The van der Waals surface area contributed by atoms with Crippen molar-refractivity contribution in [2.24, 2.45) is 17.4 Å². The van der Waals surface area contributed by atoms with Gasteiger partial charge in [0.15, 0.2) is 0 Å². The van der Waals surface area contributed by atoms with E-state index in [9.17, 15) is 19.2 Å². The molecule has 10 heteroatoms. The van der Waals surface area contributed by atoms with Crippen LogP contribution in [0.3, 0.4) is 0 Å². The first-order valence-corrected chi connectivity index (χ1v) is 10.6. The van der Waals surface area contributed by atoms with Gasteiger partial charge in [0.1, 0.15) is 11.4 Å². The van der Waals surface area contributed by atoms with Crippen molar-refractivity contribution in [3.63, 3.8) is 0 Å². The van der Waals surface area contributed by atoms with Gasteiger partial charge in [-0.25, -0.2) is 4.98 Å². The third-order valence-corrected chi connectivity index (χ3v) is 6.54. The van der Waals surface area contributed by atoms with Crippen molar-refractivity contribution in [2.75, 3.05) is 5.32 Å². The maximum Gasteiger partial charge on any atom is 0.262 e. The highest BCUT2D eigenvalue weighted by Crippen LogP contribution is 2.35. The number of aromatic nitrogens is 2. The van der Waals surface area contributed by atoms with Crippen LogP contribution in [-0.2, 0) is 24.2 Å². The van der Waals surface area contributed by atoms with Crippen molar-refractivity contribution in [1.82, 2.24) is 9.55 Å². The van der Waals surface area contributed by atoms with Gasteiger partial charge in [0.2, 0.25) is 17.7 Å². The van der Waals surface area contributed by atoms with Gasteiger partial charge in [-0.2, -0.15) is 0 Å². The largest absolute Gasteiger partial charge is 0.366 e. The Kier molecular flexibility index (Phi) is 5.32. The Morgan fingerprint density at radius 2 is 1.87 bits per heavy atom. The zero-order valence-electron chi connectivity index (χ0n) is 16.8. The summed E-state index contributed by atoms with van der Waals surface area (Å²) in [4.78, 5) is 54.9. The van der Waals surface area contributed by atoms with E-state index in [1.807, 2.05) is 0 Å². The van der Waals surface area contributed by atoms with Crippen molar-refractivity contribution in [1.29, 1.82) is 0 Å². The summed E-state index contributed by atoms with van der Waals surface area (Å²) in [5.41, 5.74) is 11.6. The van der Waals surface area contributed by atoms with E-state index < -0.39 is 17.7 Å². The number of hydrogen-bond acceptors (Lipinski definition) is 6. The normalized spacial score (nSPS) is 15.5. The fraction of sp³-hybridized carbons (Fsp3) is 0.286. The molecule has 0 bridgehead atoms. The molecule has 1 aromatic carbocycles. The number of nitrogens with two attached hydrogens (primary N) is 2. The highest BCUT2D eigenvalue weighted by atomic mass is 32.1. The summed E-state index contributed by atoms with van der Waals surface area (Å²) in [5.74, 6) is -1.46. The zero-order chi connectivity index (χ0) is 22.3. The van der Waals surface area contributed by atoms with Crippen molar-refractivity contribution in [3.8, 4) is 0 Å². The van der Waals surface area contributed by atoms with Gasteiger partial charge in [0.25, 0.3) is 5.56 Å². The number of primary amides is 2. The number of nitrogens with zero attached hydrogens (tertiary/aromatic N) is 2. The Morgan fingerprint density at radius 1 is 1.19 bits per heavy atom. The molecular weight excluding hydrogens is 418 g/mol. The molecule has 0 spiro atoms. The van der Waals surface area contributed by atoms with Crippen LogP contribution in [0.2, 0.25) is 0 Å². The molecular formula is C21H21N5O4S. The van der Waals surface area contributed by atoms with Crippen molar-refractivity contribution in [3.05, 3.63) is 56.4 Å². The number of amides is 3. The van der Waals surface area contributed by atoms with Crippen LogP contribution in [0, 0.1) is 5.92 Å². The van der Waals surface area contributed by atoms with E-state index in [2.05, 4.69) is 17.2 Å². The van der Waals surface area contributed by atoms with E-state index in [-0.39, 0.29) is 28.9 Å². The van der Waals surface area contributed by atoms with Gasteiger partial charge in [-0.15, -0.1) is 11.3 Å². The number of nitrogens with one attached hydrogen (secondary N) is 1. The van der Waals surface area contributed by atoms with Gasteiger partial charge in [0.05, 0.1) is 11.7 Å². The second-order valence-corrected chi connectivity index (χ2v) is 8.87. The van der Waals surface area contributed by atoms with Crippen LogP contribution in [0.25, 0.3) is 10.2 Å². The Bertz CT molecular complexity index is 1260. The quantitative estimate of drug-likeness (QED) is 0.549. The Hall–Kier alpha value is -3.53. The number of hydrogen-bond donors (Lipinski definition) is 3. The first-order chi connectivity index (χ1) is 14.7. The smallest absolute Gasteiger partial charge is 0.262 e. The number of rotatable bonds is 5. The van der Waals surface area contributed by atoms with Crippen LogP contribution in [0.1, 0.15) is 44.5 Å². The lowest BCUT2D eigenvalue weighted by molar-refractivity contribution is -0.116. The van der Waals surface area contributed by atoms with E-state index in [4.69, 9.17) is 11.5 Å². The Labute approximate surface area is 181 Å². The second-order valence-electron chi connectivity index (χ2n) is 7.79. The monoisotopic (exact) mass is 439 g/mol. The third-order valence-electron chi connectivity index (χ3n) is 5.38. The van der Waals surface area contributed by atoms with E-state index in [1.165, 1.54) is 34.0 Å². The third kappa shape index (κ3) is 4.06. The predicted molar refractivity (Wildman–Crippen MR) is 117 cm³/mol. The molecule has 1 unspecified atom stereocenters. The van der Waals surface area contributed by atoms with Gasteiger partial charge in [-0.05, 0) is 48.9 Å². The van der Waals surface area contributed by atoms with E-state index in [0.29, 0.717) is 16.1 Å². The van der Waals surface area contributed by atoms with Gasteiger partial charge in [-0.1, -0.05) is 6.92 Å². The summed E-state index contributed by atoms with van der Waals surface area (Å²) in [6.45, 7) is 1.93. The molecule has 1 aliphatic rings. The molecule has 160 valence electrons. The minimum atomic E-state index is -0.763. The maximum absolute atomic E-state index is 13.0. The molecule has 0 saturated heterocycles. The minimum absolute atomic E-state index is 0.0333. The highest BCUT2D eigenvalue weighted by molar-refractivity contribution is 7.18. The number of aryl methyl sites for hydroxylation is 1. The van der Waals surface area contributed by atoms with Crippen molar-refractivity contribution < 1.29 is 14.4 Å². The summed E-state index contributed by atoms with van der Waals surface area (Å²) in [6, 6.07) is 3.93. The number of carbonyl (C=O) groups excluding carboxylic acids is 3. The van der Waals surface area contributed by atoms with Gasteiger partial charge in [0, 0.05) is 21.7 Å². The van der Waals surface area contributed by atoms with Crippen LogP contribution < -0.4 is 22.3 Å². The maximum atomic E-state index is 13.0. The summed E-state index contributed by atoms with van der Waals surface area (Å²) in [5, 5.41) is 3.17. The van der Waals surface area contributed by atoms with Gasteiger partial charge in [-0.3, -0.25) is 23.7 Å². The number of benzene rings is 1. The fourth-order valence-corrected chi connectivity index (χ4v) is 5.16. The molecule has 1 atom stereocenters. The Morgan fingerprint density at radius 3 is 2.52 bits per heavy atom. The first-order valence-electron chi connectivity index (χ1n) is 9.77. The Balaban J connectivity index is 1.61. The molecule has 3 aromatic rings. The molecule has 3 amide bonds. The van der Waals surface area contributed by atoms with Crippen molar-refractivity contribution in [2.45, 2.75) is 32.7 Å². The van der Waals surface area contributed by atoms with Crippen LogP contribution in [0.15, 0.2) is 29.3 Å². The van der Waals surface area contributed by atoms with E-state index in [1.54, 1.807) is 11.3 Å². The van der Waals surface area contributed by atoms with Crippen molar-refractivity contribution >= 4 is 45.0 Å². The number of fused-ring (bicyclic) bond motifs is 3. The molecule has 0 fully saturated rings. The molecule has 5 N–H and O–H groups in total. The van der Waals surface area contributed by atoms with Crippen LogP contribution in [-0.4, -0.2) is 27.3 Å². The number of anilines is 1. The van der Waals surface area contributed by atoms with Crippen LogP contribution in [0.5, 0.6) is 0 Å². The standard InChI is InChI=1S/C21H21N5O4S/c1-10-2-3-14-15(4-10)31-20-17(14)21(30)26(9-24-20)8-16(27)25-13-6-11(18(22)28)5-12(7-13)19(23)29/h5-7,9-10H,2-4,8H2,1H3,(H2,22,28)(H2,23,29)(H,25,27). The van der Waals surface area contributed by atoms with E-state index in [0.717, 1.165) is 24.8 Å². The molecule has 2 heterocycles. The summed E-state index contributed by atoms with van der Waals surface area (Å²) < 4.78 is 1.26. The predicted octanol–water partition coefficient (Wildman–Crippen LogP) is 1.42. The lowest BCUT2D eigenvalue weighted by atomic mass is 9.89. The molecule has 9 nitrogen and oxygen atoms in total. The topological polar surface area (TPSA) is 150 Å².